The topological polar surface area (TPSA) is 68.8 Å². The van der Waals surface area contributed by atoms with Crippen LogP contribution in [0.25, 0.3) is 0 Å². The number of nitrogens with zero attached hydrogens (tertiary/aromatic N) is 4. The van der Waals surface area contributed by atoms with E-state index in [4.69, 9.17) is 11.6 Å². The molecule has 180 valence electrons. The SMILES string of the molecule is Cc1ccc(S(=O)(=O)Nc2ccc(N3CCN(Cc4ccc(N(C)C)cc4)CC3)nc2)cc1Cl. The minimum Gasteiger partial charge on any atom is -0.378 e. The fraction of sp³-hybridized carbons (Fsp3) is 0.320. The summed E-state index contributed by atoms with van der Waals surface area (Å²) in [5, 5.41) is 0.418. The first kappa shape index (κ1) is 24.3. The first-order chi connectivity index (χ1) is 16.2. The maximum Gasteiger partial charge on any atom is 0.261 e. The number of halogens is 1. The van der Waals surface area contributed by atoms with Gasteiger partial charge in [0.25, 0.3) is 10.0 Å². The van der Waals surface area contributed by atoms with Gasteiger partial charge in [0.05, 0.1) is 16.8 Å². The van der Waals surface area contributed by atoms with E-state index in [1.54, 1.807) is 24.4 Å². The monoisotopic (exact) mass is 499 g/mol. The Labute approximate surface area is 207 Å². The Morgan fingerprint density at radius 3 is 2.29 bits per heavy atom. The number of piperazine rings is 1. The molecule has 0 spiro atoms. The molecule has 1 aliphatic rings. The predicted molar refractivity (Wildman–Crippen MR) is 139 cm³/mol. The Morgan fingerprint density at radius 1 is 1.00 bits per heavy atom. The fourth-order valence-corrected chi connectivity index (χ4v) is 5.20. The van der Waals surface area contributed by atoms with Crippen LogP contribution in [0, 0.1) is 6.92 Å². The lowest BCUT2D eigenvalue weighted by Gasteiger charge is -2.35. The van der Waals surface area contributed by atoms with Gasteiger partial charge in [-0.1, -0.05) is 29.8 Å². The number of benzene rings is 2. The third kappa shape index (κ3) is 5.81. The molecule has 34 heavy (non-hydrogen) atoms. The van der Waals surface area contributed by atoms with Crippen molar-refractivity contribution in [2.75, 3.05) is 54.8 Å². The Morgan fingerprint density at radius 2 is 1.71 bits per heavy atom. The molecule has 1 aliphatic heterocycles. The van der Waals surface area contributed by atoms with E-state index < -0.39 is 10.0 Å². The van der Waals surface area contributed by atoms with Gasteiger partial charge >= 0.3 is 0 Å². The molecule has 7 nitrogen and oxygen atoms in total. The van der Waals surface area contributed by atoms with Crippen LogP contribution >= 0.6 is 11.6 Å². The largest absolute Gasteiger partial charge is 0.378 e. The van der Waals surface area contributed by atoms with E-state index in [0.717, 1.165) is 44.1 Å². The van der Waals surface area contributed by atoms with Gasteiger partial charge in [-0.05, 0) is 54.4 Å². The summed E-state index contributed by atoms with van der Waals surface area (Å²) in [5.41, 5.74) is 3.76. The summed E-state index contributed by atoms with van der Waals surface area (Å²) in [6, 6.07) is 17.0. The number of sulfonamides is 1. The van der Waals surface area contributed by atoms with Gasteiger partial charge in [-0.15, -0.1) is 0 Å². The van der Waals surface area contributed by atoms with Crippen LogP contribution in [0.1, 0.15) is 11.1 Å². The van der Waals surface area contributed by atoms with Crippen molar-refractivity contribution < 1.29 is 8.42 Å². The lowest BCUT2D eigenvalue weighted by atomic mass is 10.1. The van der Waals surface area contributed by atoms with Gasteiger partial charge in [-0.2, -0.15) is 0 Å². The molecule has 1 fully saturated rings. The van der Waals surface area contributed by atoms with Crippen LogP contribution in [0.4, 0.5) is 17.2 Å². The van der Waals surface area contributed by atoms with E-state index in [9.17, 15) is 8.42 Å². The maximum absolute atomic E-state index is 12.7. The molecule has 1 aromatic heterocycles. The number of anilines is 3. The van der Waals surface area contributed by atoms with Gasteiger partial charge < -0.3 is 9.80 Å². The predicted octanol–water partition coefficient (Wildman–Crippen LogP) is 4.23. The van der Waals surface area contributed by atoms with Crippen molar-refractivity contribution in [1.82, 2.24) is 9.88 Å². The molecule has 0 atom stereocenters. The molecule has 0 unspecified atom stereocenters. The lowest BCUT2D eigenvalue weighted by molar-refractivity contribution is 0.249. The Hall–Kier alpha value is -2.81. The molecule has 2 aromatic carbocycles. The standard InChI is InChI=1S/C25H30ClN5O2S/c1-19-4-10-23(16-24(19)26)34(32,33)28-21-7-11-25(27-17-21)31-14-12-30(13-15-31)18-20-5-8-22(9-6-20)29(2)3/h4-11,16-17,28H,12-15,18H2,1-3H3. The minimum absolute atomic E-state index is 0.125. The highest BCUT2D eigenvalue weighted by molar-refractivity contribution is 7.92. The molecule has 0 bridgehead atoms. The van der Waals surface area contributed by atoms with Gasteiger partial charge in [0.2, 0.25) is 0 Å². The van der Waals surface area contributed by atoms with Crippen LogP contribution in [0.15, 0.2) is 65.7 Å². The molecular weight excluding hydrogens is 470 g/mol. The van der Waals surface area contributed by atoms with Crippen LogP contribution in [-0.4, -0.2) is 58.6 Å². The Balaban J connectivity index is 1.32. The van der Waals surface area contributed by atoms with Crippen molar-refractivity contribution in [1.29, 1.82) is 0 Å². The maximum atomic E-state index is 12.7. The first-order valence-corrected chi connectivity index (χ1v) is 13.1. The summed E-state index contributed by atoms with van der Waals surface area (Å²) in [4.78, 5) is 11.4. The summed E-state index contributed by atoms with van der Waals surface area (Å²) in [7, 11) is 0.359. The van der Waals surface area contributed by atoms with Gasteiger partial charge in [-0.3, -0.25) is 9.62 Å². The Bertz CT molecular complexity index is 1220. The number of hydrogen-bond donors (Lipinski definition) is 1. The van der Waals surface area contributed by atoms with Gasteiger partial charge in [0.1, 0.15) is 5.82 Å². The molecule has 0 aliphatic carbocycles. The summed E-state index contributed by atoms with van der Waals surface area (Å²) in [6.07, 6.45) is 1.56. The first-order valence-electron chi connectivity index (χ1n) is 11.2. The van der Waals surface area contributed by atoms with Crippen molar-refractivity contribution in [2.45, 2.75) is 18.4 Å². The molecule has 2 heterocycles. The van der Waals surface area contributed by atoms with Gasteiger partial charge in [-0.25, -0.2) is 13.4 Å². The average molecular weight is 500 g/mol. The quantitative estimate of drug-likeness (QED) is 0.524. The summed E-state index contributed by atoms with van der Waals surface area (Å²) < 4.78 is 27.9. The smallest absolute Gasteiger partial charge is 0.261 e. The molecule has 4 rings (SSSR count). The molecule has 0 radical (unpaired) electrons. The fourth-order valence-electron chi connectivity index (χ4n) is 3.88. The molecule has 0 saturated carbocycles. The number of aromatic nitrogens is 1. The van der Waals surface area contributed by atoms with E-state index in [-0.39, 0.29) is 4.90 Å². The van der Waals surface area contributed by atoms with Gasteiger partial charge in [0.15, 0.2) is 0 Å². The van der Waals surface area contributed by atoms with Crippen LogP contribution in [0.2, 0.25) is 5.02 Å². The van der Waals surface area contributed by atoms with Crippen LogP contribution in [0.5, 0.6) is 0 Å². The third-order valence-corrected chi connectivity index (χ3v) is 7.80. The second-order valence-electron chi connectivity index (χ2n) is 8.75. The number of hydrogen-bond acceptors (Lipinski definition) is 6. The van der Waals surface area contributed by atoms with Crippen molar-refractivity contribution in [3.63, 3.8) is 0 Å². The number of rotatable bonds is 7. The zero-order valence-electron chi connectivity index (χ0n) is 19.7. The number of aryl methyl sites for hydroxylation is 1. The van der Waals surface area contributed by atoms with Crippen molar-refractivity contribution in [2.24, 2.45) is 0 Å². The zero-order chi connectivity index (χ0) is 24.3. The zero-order valence-corrected chi connectivity index (χ0v) is 21.3. The highest BCUT2D eigenvalue weighted by atomic mass is 35.5. The van der Waals surface area contributed by atoms with E-state index in [0.29, 0.717) is 10.7 Å². The van der Waals surface area contributed by atoms with Crippen molar-refractivity contribution in [3.05, 3.63) is 76.9 Å². The highest BCUT2D eigenvalue weighted by Crippen LogP contribution is 2.23. The van der Waals surface area contributed by atoms with E-state index in [1.807, 2.05) is 27.1 Å². The van der Waals surface area contributed by atoms with E-state index in [2.05, 4.69) is 48.7 Å². The molecule has 0 amide bonds. The average Bonchev–Trinajstić information content (AvgIpc) is 2.82. The Kier molecular flexibility index (Phi) is 7.30. The van der Waals surface area contributed by atoms with E-state index in [1.165, 1.54) is 17.3 Å². The second-order valence-corrected chi connectivity index (χ2v) is 10.8. The molecule has 3 aromatic rings. The summed E-state index contributed by atoms with van der Waals surface area (Å²) >= 11 is 6.09. The highest BCUT2D eigenvalue weighted by Gasteiger charge is 2.19. The lowest BCUT2D eigenvalue weighted by Crippen LogP contribution is -2.46. The molecular formula is C25H30ClN5O2S. The molecule has 1 saturated heterocycles. The summed E-state index contributed by atoms with van der Waals surface area (Å²) in [5.74, 6) is 0.844. The summed E-state index contributed by atoms with van der Waals surface area (Å²) in [6.45, 7) is 6.39. The minimum atomic E-state index is -3.73. The van der Waals surface area contributed by atoms with Crippen molar-refractivity contribution >= 4 is 38.8 Å². The van der Waals surface area contributed by atoms with Crippen LogP contribution in [0.3, 0.4) is 0 Å². The third-order valence-electron chi connectivity index (χ3n) is 6.01. The number of pyridine rings is 1. The van der Waals surface area contributed by atoms with Gasteiger partial charge in [0, 0.05) is 57.5 Å². The van der Waals surface area contributed by atoms with Crippen LogP contribution in [-0.2, 0) is 16.6 Å². The number of nitrogens with one attached hydrogen (secondary N) is 1. The van der Waals surface area contributed by atoms with E-state index >= 15 is 0 Å². The second kappa shape index (κ2) is 10.2. The normalized spacial score (nSPS) is 14.8. The molecule has 1 N–H and O–H groups in total. The van der Waals surface area contributed by atoms with Crippen molar-refractivity contribution in [3.8, 4) is 0 Å². The molecule has 9 heteroatoms. The van der Waals surface area contributed by atoms with Crippen LogP contribution < -0.4 is 14.5 Å².